The van der Waals surface area contributed by atoms with Crippen molar-refractivity contribution in [3.8, 4) is 0 Å². The van der Waals surface area contributed by atoms with Crippen molar-refractivity contribution < 1.29 is 4.79 Å². The van der Waals surface area contributed by atoms with E-state index in [1.807, 2.05) is 38.7 Å². The van der Waals surface area contributed by atoms with Gasteiger partial charge in [0.15, 0.2) is 10.8 Å². The Labute approximate surface area is 170 Å². The summed E-state index contributed by atoms with van der Waals surface area (Å²) in [7, 11) is 4.09. The van der Waals surface area contributed by atoms with E-state index in [-0.39, 0.29) is 5.91 Å². The number of nitrogens with zero attached hydrogens (tertiary/aromatic N) is 5. The molecular weight excluding hydrogens is 370 g/mol. The van der Waals surface area contributed by atoms with Gasteiger partial charge < -0.3 is 4.90 Å². The van der Waals surface area contributed by atoms with Crippen molar-refractivity contribution in [1.82, 2.24) is 19.7 Å². The van der Waals surface area contributed by atoms with Crippen LogP contribution in [0, 0.1) is 20.8 Å². The molecule has 3 aromatic rings. The molecule has 1 amide bonds. The van der Waals surface area contributed by atoms with E-state index >= 15 is 0 Å². The molecule has 0 aliphatic carbocycles. The number of anilines is 1. The van der Waals surface area contributed by atoms with Gasteiger partial charge in [-0.3, -0.25) is 14.4 Å². The first kappa shape index (κ1) is 20.5. The van der Waals surface area contributed by atoms with Crippen molar-refractivity contribution >= 4 is 32.6 Å². The summed E-state index contributed by atoms with van der Waals surface area (Å²) in [6, 6.07) is 6.07. The van der Waals surface area contributed by atoms with Gasteiger partial charge in [0.05, 0.1) is 10.2 Å². The number of carbonyl (C=O) groups is 1. The summed E-state index contributed by atoms with van der Waals surface area (Å²) in [6.45, 7) is 10.4. The highest BCUT2D eigenvalue weighted by atomic mass is 32.1. The van der Waals surface area contributed by atoms with Gasteiger partial charge in [-0.05, 0) is 71.9 Å². The van der Waals surface area contributed by atoms with Crippen LogP contribution in [0.25, 0.3) is 10.2 Å². The minimum absolute atomic E-state index is 0.0802. The van der Waals surface area contributed by atoms with E-state index in [2.05, 4.69) is 36.0 Å². The number of hydrogen-bond acceptors (Lipinski definition) is 5. The lowest BCUT2D eigenvalue weighted by Gasteiger charge is -2.20. The highest BCUT2D eigenvalue weighted by Crippen LogP contribution is 2.33. The Morgan fingerprint density at radius 3 is 2.46 bits per heavy atom. The Kier molecular flexibility index (Phi) is 6.15. The van der Waals surface area contributed by atoms with Gasteiger partial charge in [-0.25, -0.2) is 4.98 Å². The number of benzene rings is 1. The highest BCUT2D eigenvalue weighted by Gasteiger charge is 2.24. The molecule has 0 spiro atoms. The minimum atomic E-state index is -0.0802. The lowest BCUT2D eigenvalue weighted by molar-refractivity contribution is 0.0980. The molecule has 1 aromatic carbocycles. The van der Waals surface area contributed by atoms with Crippen LogP contribution < -0.4 is 4.90 Å². The molecule has 0 unspecified atom stereocenters. The fourth-order valence-electron chi connectivity index (χ4n) is 3.27. The largest absolute Gasteiger partial charge is 0.309 e. The van der Waals surface area contributed by atoms with Gasteiger partial charge in [0.25, 0.3) is 5.91 Å². The average molecular weight is 400 g/mol. The van der Waals surface area contributed by atoms with E-state index in [0.717, 1.165) is 46.1 Å². The number of hydrogen-bond donors (Lipinski definition) is 0. The molecular formula is C21H29N5OS. The van der Waals surface area contributed by atoms with Crippen molar-refractivity contribution in [3.05, 3.63) is 40.7 Å². The second-order valence-corrected chi connectivity index (χ2v) is 8.45. The van der Waals surface area contributed by atoms with E-state index in [1.165, 1.54) is 5.56 Å². The summed E-state index contributed by atoms with van der Waals surface area (Å²) in [5.41, 5.74) is 4.79. The molecule has 0 radical (unpaired) electrons. The molecule has 0 N–H and O–H groups in total. The maximum Gasteiger partial charge on any atom is 0.280 e. The van der Waals surface area contributed by atoms with Crippen LogP contribution in [-0.2, 0) is 6.54 Å². The van der Waals surface area contributed by atoms with Crippen molar-refractivity contribution in [2.24, 2.45) is 0 Å². The zero-order chi connectivity index (χ0) is 20.4. The summed E-state index contributed by atoms with van der Waals surface area (Å²) < 4.78 is 3.01. The normalized spacial score (nSPS) is 11.5. The Morgan fingerprint density at radius 2 is 1.86 bits per heavy atom. The summed E-state index contributed by atoms with van der Waals surface area (Å²) in [4.78, 5) is 22.1. The maximum atomic E-state index is 13.4. The molecule has 2 aromatic heterocycles. The van der Waals surface area contributed by atoms with Crippen molar-refractivity contribution in [3.63, 3.8) is 0 Å². The number of carbonyl (C=O) groups excluding carboxylic acids is 1. The van der Waals surface area contributed by atoms with Crippen molar-refractivity contribution in [2.75, 3.05) is 32.1 Å². The third-order valence-electron chi connectivity index (χ3n) is 4.89. The Bertz CT molecular complexity index is 949. The lowest BCUT2D eigenvalue weighted by atomic mass is 10.1. The Balaban J connectivity index is 1.99. The van der Waals surface area contributed by atoms with E-state index in [4.69, 9.17) is 4.98 Å². The molecule has 7 heteroatoms. The molecule has 3 rings (SSSR count). The molecule has 0 saturated carbocycles. The molecule has 0 aliphatic rings. The Morgan fingerprint density at radius 1 is 1.14 bits per heavy atom. The molecule has 150 valence electrons. The zero-order valence-electron chi connectivity index (χ0n) is 17.6. The molecule has 0 saturated heterocycles. The number of fused-ring (bicyclic) bond motifs is 1. The van der Waals surface area contributed by atoms with Gasteiger partial charge in [0.2, 0.25) is 0 Å². The van der Waals surface area contributed by atoms with Crippen molar-refractivity contribution in [1.29, 1.82) is 0 Å². The monoisotopic (exact) mass is 399 g/mol. The summed E-state index contributed by atoms with van der Waals surface area (Å²) in [5.74, 6) is -0.0802. The first-order valence-electron chi connectivity index (χ1n) is 9.69. The Hall–Kier alpha value is -2.25. The van der Waals surface area contributed by atoms with Gasteiger partial charge in [-0.2, -0.15) is 5.10 Å². The zero-order valence-corrected chi connectivity index (χ0v) is 18.4. The first-order chi connectivity index (χ1) is 13.3. The fraction of sp³-hybridized carbons (Fsp3) is 0.476. The van der Waals surface area contributed by atoms with Gasteiger partial charge in [-0.1, -0.05) is 23.5 Å². The van der Waals surface area contributed by atoms with Gasteiger partial charge >= 0.3 is 0 Å². The second kappa shape index (κ2) is 8.41. The summed E-state index contributed by atoms with van der Waals surface area (Å²) >= 11 is 1.59. The van der Waals surface area contributed by atoms with Crippen LogP contribution in [0.3, 0.4) is 0 Å². The van der Waals surface area contributed by atoms with Gasteiger partial charge in [0.1, 0.15) is 0 Å². The van der Waals surface area contributed by atoms with E-state index in [0.29, 0.717) is 12.2 Å². The van der Waals surface area contributed by atoms with Crippen molar-refractivity contribution in [2.45, 2.75) is 40.7 Å². The predicted octanol–water partition coefficient (Wildman–Crippen LogP) is 4.04. The van der Waals surface area contributed by atoms with E-state index in [1.54, 1.807) is 16.2 Å². The number of aryl methyl sites for hydroxylation is 4. The lowest BCUT2D eigenvalue weighted by Crippen LogP contribution is -2.33. The molecule has 0 bridgehead atoms. The molecule has 0 aliphatic heterocycles. The van der Waals surface area contributed by atoms with Crippen LogP contribution in [-0.4, -0.2) is 52.8 Å². The smallest absolute Gasteiger partial charge is 0.280 e. The second-order valence-electron chi connectivity index (χ2n) is 7.47. The first-order valence-corrected chi connectivity index (χ1v) is 10.5. The third kappa shape index (κ3) is 4.10. The van der Waals surface area contributed by atoms with E-state index in [9.17, 15) is 4.79 Å². The van der Waals surface area contributed by atoms with Crippen LogP contribution in [0.15, 0.2) is 18.2 Å². The third-order valence-corrected chi connectivity index (χ3v) is 6.11. The number of amides is 1. The quantitative estimate of drug-likeness (QED) is 0.602. The van der Waals surface area contributed by atoms with Crippen LogP contribution in [0.4, 0.5) is 5.13 Å². The van der Waals surface area contributed by atoms with Crippen LogP contribution in [0.1, 0.15) is 40.7 Å². The van der Waals surface area contributed by atoms with Gasteiger partial charge in [-0.15, -0.1) is 0 Å². The van der Waals surface area contributed by atoms with E-state index < -0.39 is 0 Å². The average Bonchev–Trinajstić information content (AvgIpc) is 3.26. The molecule has 2 heterocycles. The summed E-state index contributed by atoms with van der Waals surface area (Å²) in [5, 5.41) is 5.25. The molecule has 0 atom stereocenters. The SMILES string of the molecule is CCn1nc(C(=O)N(CCCN(C)C)c2nc3c(C)ccc(C)c3s2)cc1C. The molecule has 28 heavy (non-hydrogen) atoms. The standard InChI is InChI=1S/C21H29N5OS/c1-7-26-16(4)13-17(23-26)20(27)25(12-8-11-24(5)6)21-22-18-14(2)9-10-15(3)19(18)28-21/h9-10,13H,7-8,11-12H2,1-6H3. The number of thiazole rings is 1. The molecule has 0 fully saturated rings. The number of aromatic nitrogens is 3. The summed E-state index contributed by atoms with van der Waals surface area (Å²) in [6.07, 6.45) is 0.875. The molecule has 6 nitrogen and oxygen atoms in total. The minimum Gasteiger partial charge on any atom is -0.309 e. The van der Waals surface area contributed by atoms with Gasteiger partial charge in [0, 0.05) is 18.8 Å². The fourth-order valence-corrected chi connectivity index (χ4v) is 4.40. The maximum absolute atomic E-state index is 13.4. The van der Waals surface area contributed by atoms with Crippen LogP contribution >= 0.6 is 11.3 Å². The number of rotatable bonds is 7. The van der Waals surface area contributed by atoms with Crippen LogP contribution in [0.2, 0.25) is 0 Å². The van der Waals surface area contributed by atoms with Crippen LogP contribution in [0.5, 0.6) is 0 Å². The predicted molar refractivity (Wildman–Crippen MR) is 117 cm³/mol. The highest BCUT2D eigenvalue weighted by molar-refractivity contribution is 7.22. The topological polar surface area (TPSA) is 54.3 Å².